The molecular weight excluding hydrogens is 336 g/mol. The third kappa shape index (κ3) is 3.80. The molecule has 3 aromatic rings. The first-order chi connectivity index (χ1) is 12.2. The molecule has 0 aliphatic rings. The second-order valence-electron chi connectivity index (χ2n) is 5.27. The van der Waals surface area contributed by atoms with Crippen molar-refractivity contribution in [1.29, 1.82) is 0 Å². The van der Waals surface area contributed by atoms with Crippen LogP contribution in [-0.2, 0) is 6.54 Å². The molecule has 0 unspecified atom stereocenters. The molecule has 6 heteroatoms. The van der Waals surface area contributed by atoms with Gasteiger partial charge in [-0.1, -0.05) is 36.4 Å². The number of hydrogen-bond acceptors (Lipinski definition) is 5. The summed E-state index contributed by atoms with van der Waals surface area (Å²) in [4.78, 5) is 17.6. The molecule has 5 nitrogen and oxygen atoms in total. The summed E-state index contributed by atoms with van der Waals surface area (Å²) < 4.78 is 10.5. The fourth-order valence-electron chi connectivity index (χ4n) is 2.46. The highest BCUT2D eigenvalue weighted by molar-refractivity contribution is 7.13. The quantitative estimate of drug-likeness (QED) is 0.732. The molecule has 0 aliphatic heterocycles. The highest BCUT2D eigenvalue weighted by Gasteiger charge is 2.16. The molecule has 1 aromatic heterocycles. The number of hydrogen-bond donors (Lipinski definition) is 1. The Hall–Kier alpha value is -2.86. The Morgan fingerprint density at radius 1 is 1.08 bits per heavy atom. The molecule has 0 fully saturated rings. The minimum Gasteiger partial charge on any atom is -0.493 e. The van der Waals surface area contributed by atoms with Gasteiger partial charge in [-0.2, -0.15) is 0 Å². The largest absolute Gasteiger partial charge is 0.493 e. The van der Waals surface area contributed by atoms with Crippen LogP contribution in [0.2, 0.25) is 0 Å². The van der Waals surface area contributed by atoms with E-state index in [2.05, 4.69) is 10.3 Å². The highest BCUT2D eigenvalue weighted by Crippen LogP contribution is 2.28. The van der Waals surface area contributed by atoms with Crippen molar-refractivity contribution in [1.82, 2.24) is 10.3 Å². The number of benzene rings is 2. The average Bonchev–Trinajstić information content (AvgIpc) is 3.16. The van der Waals surface area contributed by atoms with Crippen molar-refractivity contribution in [2.75, 3.05) is 14.2 Å². The Morgan fingerprint density at radius 2 is 1.84 bits per heavy atom. The van der Waals surface area contributed by atoms with Crippen molar-refractivity contribution >= 4 is 17.2 Å². The zero-order valence-electron chi connectivity index (χ0n) is 14.0. The van der Waals surface area contributed by atoms with E-state index in [9.17, 15) is 4.79 Å². The Bertz CT molecular complexity index is 862. The Labute approximate surface area is 150 Å². The van der Waals surface area contributed by atoms with Crippen molar-refractivity contribution in [3.8, 4) is 21.9 Å². The van der Waals surface area contributed by atoms with Crippen LogP contribution >= 0.6 is 11.3 Å². The van der Waals surface area contributed by atoms with E-state index in [1.54, 1.807) is 19.7 Å². The second kappa shape index (κ2) is 7.81. The third-order valence-electron chi connectivity index (χ3n) is 3.72. The van der Waals surface area contributed by atoms with Gasteiger partial charge >= 0.3 is 0 Å². The Balaban J connectivity index is 1.73. The van der Waals surface area contributed by atoms with Crippen LogP contribution in [0.3, 0.4) is 0 Å². The van der Waals surface area contributed by atoms with Crippen LogP contribution in [0.1, 0.15) is 16.1 Å². The maximum atomic E-state index is 12.5. The van der Waals surface area contributed by atoms with Gasteiger partial charge in [0.2, 0.25) is 0 Å². The van der Waals surface area contributed by atoms with E-state index in [4.69, 9.17) is 9.47 Å². The first-order valence-electron chi connectivity index (χ1n) is 7.71. The number of nitrogens with one attached hydrogen (secondary N) is 1. The molecule has 1 heterocycles. The number of ether oxygens (including phenoxy) is 2. The molecule has 0 aliphatic carbocycles. The normalized spacial score (nSPS) is 10.3. The summed E-state index contributed by atoms with van der Waals surface area (Å²) in [5.41, 5.74) is 4.04. The first-order valence-corrected chi connectivity index (χ1v) is 8.59. The van der Waals surface area contributed by atoms with Gasteiger partial charge in [0.15, 0.2) is 11.5 Å². The van der Waals surface area contributed by atoms with Gasteiger partial charge in [-0.25, -0.2) is 4.98 Å². The van der Waals surface area contributed by atoms with Gasteiger partial charge in [0.05, 0.1) is 24.6 Å². The Kier molecular flexibility index (Phi) is 5.30. The molecule has 2 aromatic carbocycles. The van der Waals surface area contributed by atoms with Crippen LogP contribution in [0.25, 0.3) is 10.4 Å². The molecule has 0 saturated heterocycles. The van der Waals surface area contributed by atoms with Crippen molar-refractivity contribution < 1.29 is 14.3 Å². The van der Waals surface area contributed by atoms with Crippen molar-refractivity contribution in [2.24, 2.45) is 0 Å². The van der Waals surface area contributed by atoms with E-state index in [1.807, 2.05) is 48.5 Å². The molecule has 0 atom stereocenters. The van der Waals surface area contributed by atoms with Gasteiger partial charge < -0.3 is 14.8 Å². The fourth-order valence-corrected chi connectivity index (χ4v) is 3.25. The predicted octanol–water partition coefficient (Wildman–Crippen LogP) is 3.76. The van der Waals surface area contributed by atoms with E-state index in [-0.39, 0.29) is 5.91 Å². The molecule has 3 rings (SSSR count). The molecule has 25 heavy (non-hydrogen) atoms. The van der Waals surface area contributed by atoms with E-state index in [1.165, 1.54) is 11.3 Å². The minimum atomic E-state index is -0.199. The van der Waals surface area contributed by atoms with E-state index >= 15 is 0 Å². The maximum absolute atomic E-state index is 12.5. The average molecular weight is 354 g/mol. The summed E-state index contributed by atoms with van der Waals surface area (Å²) >= 11 is 1.46. The zero-order valence-corrected chi connectivity index (χ0v) is 14.8. The van der Waals surface area contributed by atoms with Gasteiger partial charge in [-0.3, -0.25) is 4.79 Å². The standard InChI is InChI=1S/C19H18N2O3S/c1-23-15-9-8-13(10-16(15)24-2)11-20-19(22)17-18(25-12-21-17)14-6-4-3-5-7-14/h3-10,12H,11H2,1-2H3,(H,20,22). The van der Waals surface area contributed by atoms with Gasteiger partial charge in [0.25, 0.3) is 5.91 Å². The van der Waals surface area contributed by atoms with E-state index in [0.717, 1.165) is 16.0 Å². The molecule has 1 amide bonds. The third-order valence-corrected chi connectivity index (χ3v) is 4.60. The first kappa shape index (κ1) is 17.0. The number of thiazole rings is 1. The number of rotatable bonds is 6. The lowest BCUT2D eigenvalue weighted by molar-refractivity contribution is 0.0947. The van der Waals surface area contributed by atoms with Gasteiger partial charge in [-0.05, 0) is 23.3 Å². The minimum absolute atomic E-state index is 0.199. The van der Waals surface area contributed by atoms with Crippen LogP contribution < -0.4 is 14.8 Å². The van der Waals surface area contributed by atoms with E-state index in [0.29, 0.717) is 23.7 Å². The van der Waals surface area contributed by atoms with Crippen LogP contribution in [-0.4, -0.2) is 25.1 Å². The van der Waals surface area contributed by atoms with Gasteiger partial charge in [0, 0.05) is 6.54 Å². The molecule has 0 radical (unpaired) electrons. The number of methoxy groups -OCH3 is 2. The summed E-state index contributed by atoms with van der Waals surface area (Å²) in [5.74, 6) is 1.09. The molecule has 128 valence electrons. The molecular formula is C19H18N2O3S. The fraction of sp³-hybridized carbons (Fsp3) is 0.158. The summed E-state index contributed by atoms with van der Waals surface area (Å²) in [6.45, 7) is 0.380. The molecule has 1 N–H and O–H groups in total. The smallest absolute Gasteiger partial charge is 0.271 e. The SMILES string of the molecule is COc1ccc(CNC(=O)c2ncsc2-c2ccccc2)cc1OC. The monoisotopic (exact) mass is 354 g/mol. The van der Waals surface area contributed by atoms with Crippen molar-refractivity contribution in [2.45, 2.75) is 6.54 Å². The molecule has 0 saturated carbocycles. The predicted molar refractivity (Wildman–Crippen MR) is 98.3 cm³/mol. The van der Waals surface area contributed by atoms with E-state index < -0.39 is 0 Å². The summed E-state index contributed by atoms with van der Waals surface area (Å²) in [7, 11) is 3.17. The zero-order chi connectivity index (χ0) is 17.6. The molecule has 0 spiro atoms. The number of aromatic nitrogens is 1. The van der Waals surface area contributed by atoms with Crippen LogP contribution in [0, 0.1) is 0 Å². The number of carbonyl (C=O) groups excluding carboxylic acids is 1. The second-order valence-corrected chi connectivity index (χ2v) is 6.12. The van der Waals surface area contributed by atoms with Crippen molar-refractivity contribution in [3.63, 3.8) is 0 Å². The van der Waals surface area contributed by atoms with Gasteiger partial charge in [-0.15, -0.1) is 11.3 Å². The molecule has 0 bridgehead atoms. The van der Waals surface area contributed by atoms with Crippen LogP contribution in [0.15, 0.2) is 54.0 Å². The number of amides is 1. The number of nitrogens with zero attached hydrogens (tertiary/aromatic N) is 1. The lowest BCUT2D eigenvalue weighted by Gasteiger charge is -2.10. The summed E-state index contributed by atoms with van der Waals surface area (Å²) in [5, 5.41) is 2.91. The highest BCUT2D eigenvalue weighted by atomic mass is 32.1. The maximum Gasteiger partial charge on any atom is 0.271 e. The number of carbonyl (C=O) groups is 1. The van der Waals surface area contributed by atoms with Crippen molar-refractivity contribution in [3.05, 3.63) is 65.3 Å². The lowest BCUT2D eigenvalue weighted by atomic mass is 10.1. The van der Waals surface area contributed by atoms with Gasteiger partial charge in [0.1, 0.15) is 5.69 Å². The summed E-state index contributed by atoms with van der Waals surface area (Å²) in [6, 6.07) is 15.3. The lowest BCUT2D eigenvalue weighted by Crippen LogP contribution is -2.23. The Morgan fingerprint density at radius 3 is 2.56 bits per heavy atom. The van der Waals surface area contributed by atoms with Crippen LogP contribution in [0.5, 0.6) is 11.5 Å². The van der Waals surface area contributed by atoms with Crippen LogP contribution in [0.4, 0.5) is 0 Å². The topological polar surface area (TPSA) is 60.5 Å². The summed E-state index contributed by atoms with van der Waals surface area (Å²) in [6.07, 6.45) is 0.